The Kier molecular flexibility index (Phi) is 5.76. The molecular weight excluding hydrogens is 342 g/mol. The van der Waals surface area contributed by atoms with E-state index in [0.29, 0.717) is 18.0 Å². The van der Waals surface area contributed by atoms with Gasteiger partial charge in [-0.3, -0.25) is 4.79 Å². The number of hydrogen-bond donors (Lipinski definition) is 3. The molecule has 0 radical (unpaired) electrons. The van der Waals surface area contributed by atoms with E-state index >= 15 is 0 Å². The lowest BCUT2D eigenvalue weighted by molar-refractivity contribution is -0.111. The predicted octanol–water partition coefficient (Wildman–Crippen LogP) is 3.80. The van der Waals surface area contributed by atoms with Gasteiger partial charge in [-0.05, 0) is 55.3 Å². The highest BCUT2D eigenvalue weighted by molar-refractivity contribution is 6.05. The zero-order valence-corrected chi connectivity index (χ0v) is 15.4. The van der Waals surface area contributed by atoms with Crippen molar-refractivity contribution in [3.05, 3.63) is 59.7 Å². The van der Waals surface area contributed by atoms with Gasteiger partial charge in [0.25, 0.3) is 0 Å². The van der Waals surface area contributed by atoms with Gasteiger partial charge in [-0.15, -0.1) is 0 Å². The highest BCUT2D eigenvalue weighted by atomic mass is 16.5. The molecule has 1 aliphatic heterocycles. The zero-order valence-electron chi connectivity index (χ0n) is 15.4. The maximum absolute atomic E-state index is 12.3. The number of carbonyl (C=O) groups excluding carboxylic acids is 2. The molecule has 2 aromatic carbocycles. The van der Waals surface area contributed by atoms with Gasteiger partial charge in [0.2, 0.25) is 5.91 Å². The van der Waals surface area contributed by atoms with E-state index in [1.165, 1.54) is 6.08 Å². The van der Waals surface area contributed by atoms with Gasteiger partial charge in [-0.25, -0.2) is 4.79 Å². The summed E-state index contributed by atoms with van der Waals surface area (Å²) in [6.07, 6.45) is 4.12. The molecule has 0 saturated heterocycles. The van der Waals surface area contributed by atoms with Crippen LogP contribution in [0.1, 0.15) is 25.0 Å². The van der Waals surface area contributed by atoms with Crippen LogP contribution in [0.5, 0.6) is 5.75 Å². The molecule has 3 rings (SSSR count). The Hall–Kier alpha value is -3.28. The molecule has 3 N–H and O–H groups in total. The summed E-state index contributed by atoms with van der Waals surface area (Å²) in [4.78, 5) is 24.2. The van der Waals surface area contributed by atoms with Crippen LogP contribution in [0.15, 0.2) is 48.5 Å². The molecule has 1 heterocycles. The minimum atomic E-state index is -0.317. The Morgan fingerprint density at radius 3 is 2.56 bits per heavy atom. The number of urea groups is 1. The third-order valence-electron chi connectivity index (χ3n) is 3.99. The average molecular weight is 365 g/mol. The highest BCUT2D eigenvalue weighted by Crippen LogP contribution is 2.26. The first-order valence-corrected chi connectivity index (χ1v) is 8.92. The zero-order chi connectivity index (χ0) is 19.2. The molecule has 140 valence electrons. The number of nitrogens with one attached hydrogen (secondary N) is 3. The maximum Gasteiger partial charge on any atom is 0.319 e. The fourth-order valence-corrected chi connectivity index (χ4v) is 2.78. The summed E-state index contributed by atoms with van der Waals surface area (Å²) < 4.78 is 5.48. The van der Waals surface area contributed by atoms with E-state index in [1.54, 1.807) is 30.3 Å². The fraction of sp³-hybridized carbons (Fsp3) is 0.238. The number of amides is 3. The standard InChI is InChI=1S/C21H23N3O3/c1-14(2)22-21(26)24-18-6-4-3-5-17(18)23-20(25)10-8-15-7-9-19-16(13-15)11-12-27-19/h3-10,13-14H,11-12H2,1-2H3,(H,23,25)(H2,22,24,26)/b10-8+. The Bertz CT molecular complexity index is 875. The monoisotopic (exact) mass is 365 g/mol. The second-order valence-corrected chi connectivity index (χ2v) is 6.59. The second kappa shape index (κ2) is 8.40. The van der Waals surface area contributed by atoms with Gasteiger partial charge < -0.3 is 20.7 Å². The van der Waals surface area contributed by atoms with Crippen molar-refractivity contribution < 1.29 is 14.3 Å². The summed E-state index contributed by atoms with van der Waals surface area (Å²) in [6.45, 7) is 4.46. The molecule has 6 heteroatoms. The normalized spacial score (nSPS) is 12.6. The number of para-hydroxylation sites is 2. The van der Waals surface area contributed by atoms with E-state index in [-0.39, 0.29) is 18.0 Å². The lowest BCUT2D eigenvalue weighted by Gasteiger charge is -2.13. The Balaban J connectivity index is 1.65. The summed E-state index contributed by atoms with van der Waals surface area (Å²) in [5, 5.41) is 8.30. The quantitative estimate of drug-likeness (QED) is 0.705. The number of anilines is 2. The minimum absolute atomic E-state index is 0.0207. The molecule has 0 atom stereocenters. The van der Waals surface area contributed by atoms with E-state index in [2.05, 4.69) is 16.0 Å². The first-order chi connectivity index (χ1) is 13.0. The van der Waals surface area contributed by atoms with Crippen LogP contribution in [0.4, 0.5) is 16.2 Å². The van der Waals surface area contributed by atoms with Crippen LogP contribution in [0, 0.1) is 0 Å². The number of rotatable bonds is 5. The Labute approximate surface area is 158 Å². The smallest absolute Gasteiger partial charge is 0.319 e. The first-order valence-electron chi connectivity index (χ1n) is 8.92. The second-order valence-electron chi connectivity index (χ2n) is 6.59. The van der Waals surface area contributed by atoms with Crippen LogP contribution in [0.2, 0.25) is 0 Å². The predicted molar refractivity (Wildman–Crippen MR) is 107 cm³/mol. The van der Waals surface area contributed by atoms with Crippen LogP contribution < -0.4 is 20.7 Å². The van der Waals surface area contributed by atoms with Crippen LogP contribution in [0.25, 0.3) is 6.08 Å². The lowest BCUT2D eigenvalue weighted by atomic mass is 10.1. The number of ether oxygens (including phenoxy) is 1. The van der Waals surface area contributed by atoms with E-state index in [0.717, 1.165) is 23.3 Å². The maximum atomic E-state index is 12.3. The molecule has 0 aromatic heterocycles. The van der Waals surface area contributed by atoms with Crippen molar-refractivity contribution in [3.63, 3.8) is 0 Å². The van der Waals surface area contributed by atoms with Crippen molar-refractivity contribution in [3.8, 4) is 5.75 Å². The molecule has 0 aliphatic carbocycles. The van der Waals surface area contributed by atoms with Gasteiger partial charge in [-0.1, -0.05) is 18.2 Å². The summed E-state index contributed by atoms with van der Waals surface area (Å²) in [5.74, 6) is 0.640. The lowest BCUT2D eigenvalue weighted by Crippen LogP contribution is -2.34. The molecular formula is C21H23N3O3. The molecule has 0 saturated carbocycles. The highest BCUT2D eigenvalue weighted by Gasteiger charge is 2.11. The van der Waals surface area contributed by atoms with Crippen molar-refractivity contribution in [2.75, 3.05) is 17.2 Å². The summed E-state index contributed by atoms with van der Waals surface area (Å²) >= 11 is 0. The van der Waals surface area contributed by atoms with Crippen molar-refractivity contribution in [2.24, 2.45) is 0 Å². The molecule has 0 bridgehead atoms. The number of fused-ring (bicyclic) bond motifs is 1. The van der Waals surface area contributed by atoms with Gasteiger partial charge in [0, 0.05) is 18.5 Å². The summed E-state index contributed by atoms with van der Waals surface area (Å²) in [7, 11) is 0. The topological polar surface area (TPSA) is 79.5 Å². The molecule has 27 heavy (non-hydrogen) atoms. The van der Waals surface area contributed by atoms with Crippen LogP contribution in [-0.2, 0) is 11.2 Å². The SMILES string of the molecule is CC(C)NC(=O)Nc1ccccc1NC(=O)/C=C/c1ccc2c(c1)CCO2. The summed E-state index contributed by atoms with van der Waals surface area (Å²) in [5.41, 5.74) is 3.17. The number of hydrogen-bond acceptors (Lipinski definition) is 3. The molecule has 1 aliphatic rings. The van der Waals surface area contributed by atoms with Gasteiger partial charge in [0.05, 0.1) is 18.0 Å². The Morgan fingerprint density at radius 1 is 1.07 bits per heavy atom. The minimum Gasteiger partial charge on any atom is -0.493 e. The van der Waals surface area contributed by atoms with Gasteiger partial charge >= 0.3 is 6.03 Å². The van der Waals surface area contributed by atoms with E-state index in [1.807, 2.05) is 32.0 Å². The molecule has 3 amide bonds. The van der Waals surface area contributed by atoms with E-state index < -0.39 is 0 Å². The van der Waals surface area contributed by atoms with E-state index in [9.17, 15) is 9.59 Å². The largest absolute Gasteiger partial charge is 0.493 e. The Morgan fingerprint density at radius 2 is 1.81 bits per heavy atom. The first kappa shape index (κ1) is 18.5. The third-order valence-corrected chi connectivity index (χ3v) is 3.99. The van der Waals surface area contributed by atoms with Crippen molar-refractivity contribution >= 4 is 29.4 Å². The van der Waals surface area contributed by atoms with Crippen LogP contribution in [-0.4, -0.2) is 24.6 Å². The van der Waals surface area contributed by atoms with Crippen molar-refractivity contribution in [1.29, 1.82) is 0 Å². The van der Waals surface area contributed by atoms with Crippen molar-refractivity contribution in [1.82, 2.24) is 5.32 Å². The number of benzene rings is 2. The molecule has 2 aromatic rings. The third kappa shape index (κ3) is 5.10. The van der Waals surface area contributed by atoms with Gasteiger partial charge in [0.1, 0.15) is 5.75 Å². The molecule has 6 nitrogen and oxygen atoms in total. The van der Waals surface area contributed by atoms with Crippen LogP contribution in [0.3, 0.4) is 0 Å². The van der Waals surface area contributed by atoms with Crippen molar-refractivity contribution in [2.45, 2.75) is 26.3 Å². The number of carbonyl (C=O) groups is 2. The summed E-state index contributed by atoms with van der Waals surface area (Å²) in [6, 6.07) is 12.6. The van der Waals surface area contributed by atoms with E-state index in [4.69, 9.17) is 4.74 Å². The fourth-order valence-electron chi connectivity index (χ4n) is 2.78. The average Bonchev–Trinajstić information content (AvgIpc) is 3.08. The van der Waals surface area contributed by atoms with Gasteiger partial charge in [0.15, 0.2) is 0 Å². The van der Waals surface area contributed by atoms with Gasteiger partial charge in [-0.2, -0.15) is 0 Å². The molecule has 0 fully saturated rings. The molecule has 0 spiro atoms. The van der Waals surface area contributed by atoms with Crippen LogP contribution >= 0.6 is 0 Å². The molecule has 0 unspecified atom stereocenters.